The van der Waals surface area contributed by atoms with Gasteiger partial charge >= 0.3 is 5.69 Å². The minimum absolute atomic E-state index is 0.157. The Morgan fingerprint density at radius 1 is 1.00 bits per heavy atom. The molecule has 1 aromatic heterocycles. The first kappa shape index (κ1) is 21.2. The van der Waals surface area contributed by atoms with Gasteiger partial charge in [0.2, 0.25) is 11.6 Å². The zero-order valence-corrected chi connectivity index (χ0v) is 18.3. The second kappa shape index (κ2) is 9.01. The average Bonchev–Trinajstić information content (AvgIpc) is 2.80. The van der Waals surface area contributed by atoms with Crippen molar-refractivity contribution in [3.63, 3.8) is 0 Å². The minimum Gasteiger partial charge on any atom is -0.334 e. The standard InChI is InChI=1S/C25H25N5O2/c1-4-29(22-11-7-9-19-8-5-6-10-21(19)22)25-23(30(31)32)24(26-16-27-25)28-20-14-12-18(13-15-20)17(2)3/h5-17H,4H2,1-3H3,(H,26,27,28). The molecule has 0 spiro atoms. The third kappa shape index (κ3) is 4.09. The number of nitro groups is 1. The Labute approximate surface area is 186 Å². The summed E-state index contributed by atoms with van der Waals surface area (Å²) in [6.45, 7) is 6.70. The van der Waals surface area contributed by atoms with E-state index in [2.05, 4.69) is 29.1 Å². The highest BCUT2D eigenvalue weighted by Gasteiger charge is 2.28. The van der Waals surface area contributed by atoms with Crippen molar-refractivity contribution in [1.82, 2.24) is 9.97 Å². The van der Waals surface area contributed by atoms with Gasteiger partial charge in [0.15, 0.2) is 0 Å². The number of anilines is 4. The Hall–Kier alpha value is -4.00. The van der Waals surface area contributed by atoms with Crippen LogP contribution in [0.15, 0.2) is 73.1 Å². The Balaban J connectivity index is 1.79. The van der Waals surface area contributed by atoms with Crippen LogP contribution in [0.25, 0.3) is 10.8 Å². The summed E-state index contributed by atoms with van der Waals surface area (Å²) >= 11 is 0. The van der Waals surface area contributed by atoms with Gasteiger partial charge in [0.05, 0.1) is 10.6 Å². The molecule has 0 amide bonds. The van der Waals surface area contributed by atoms with Crippen LogP contribution in [0.1, 0.15) is 32.3 Å². The molecule has 1 N–H and O–H groups in total. The first-order valence-corrected chi connectivity index (χ1v) is 10.6. The molecule has 0 atom stereocenters. The van der Waals surface area contributed by atoms with Gasteiger partial charge in [-0.2, -0.15) is 0 Å². The predicted molar refractivity (Wildman–Crippen MR) is 129 cm³/mol. The molecule has 4 rings (SSSR count). The SMILES string of the molecule is CCN(c1ncnc(Nc2ccc(C(C)C)cc2)c1[N+](=O)[O-])c1cccc2ccccc12. The lowest BCUT2D eigenvalue weighted by Crippen LogP contribution is -2.20. The van der Waals surface area contributed by atoms with Gasteiger partial charge in [-0.1, -0.05) is 62.4 Å². The second-order valence-corrected chi connectivity index (χ2v) is 7.80. The molecule has 162 valence electrons. The first-order valence-electron chi connectivity index (χ1n) is 10.6. The average molecular weight is 428 g/mol. The van der Waals surface area contributed by atoms with Gasteiger partial charge in [0.25, 0.3) is 0 Å². The van der Waals surface area contributed by atoms with Gasteiger partial charge in [-0.05, 0) is 42.0 Å². The number of hydrogen-bond acceptors (Lipinski definition) is 6. The summed E-state index contributed by atoms with van der Waals surface area (Å²) < 4.78 is 0. The normalized spacial score (nSPS) is 11.0. The maximum Gasteiger partial charge on any atom is 0.354 e. The maximum absolute atomic E-state index is 12.2. The van der Waals surface area contributed by atoms with E-state index in [9.17, 15) is 10.1 Å². The highest BCUT2D eigenvalue weighted by Crippen LogP contribution is 2.39. The van der Waals surface area contributed by atoms with Crippen LogP contribution in [0.2, 0.25) is 0 Å². The molecule has 0 radical (unpaired) electrons. The summed E-state index contributed by atoms with van der Waals surface area (Å²) in [6.07, 6.45) is 1.36. The van der Waals surface area contributed by atoms with Crippen molar-refractivity contribution in [2.45, 2.75) is 26.7 Å². The van der Waals surface area contributed by atoms with Gasteiger partial charge in [0.1, 0.15) is 6.33 Å². The van der Waals surface area contributed by atoms with Gasteiger partial charge in [-0.15, -0.1) is 0 Å². The summed E-state index contributed by atoms with van der Waals surface area (Å²) in [4.78, 5) is 22.1. The van der Waals surface area contributed by atoms with Crippen LogP contribution >= 0.6 is 0 Å². The van der Waals surface area contributed by atoms with Gasteiger partial charge in [-0.3, -0.25) is 10.1 Å². The molecule has 0 aliphatic heterocycles. The van der Waals surface area contributed by atoms with Gasteiger partial charge in [-0.25, -0.2) is 9.97 Å². The third-order valence-corrected chi connectivity index (χ3v) is 5.45. The molecule has 4 aromatic rings. The molecular weight excluding hydrogens is 402 g/mol. The van der Waals surface area contributed by atoms with Crippen LogP contribution in [0.3, 0.4) is 0 Å². The Morgan fingerprint density at radius 2 is 1.72 bits per heavy atom. The van der Waals surface area contributed by atoms with E-state index in [1.165, 1.54) is 11.9 Å². The molecule has 0 aliphatic rings. The molecule has 7 nitrogen and oxygen atoms in total. The van der Waals surface area contributed by atoms with E-state index in [4.69, 9.17) is 0 Å². The molecule has 0 unspecified atom stereocenters. The summed E-state index contributed by atoms with van der Waals surface area (Å²) in [6, 6.07) is 21.7. The fourth-order valence-corrected chi connectivity index (χ4v) is 3.79. The summed E-state index contributed by atoms with van der Waals surface area (Å²) in [5.41, 5.74) is 2.63. The van der Waals surface area contributed by atoms with Crippen molar-refractivity contribution in [1.29, 1.82) is 0 Å². The van der Waals surface area contributed by atoms with E-state index < -0.39 is 4.92 Å². The molecule has 7 heteroatoms. The lowest BCUT2D eigenvalue weighted by atomic mass is 10.0. The lowest BCUT2D eigenvalue weighted by molar-refractivity contribution is -0.383. The molecule has 0 bridgehead atoms. The number of nitrogens with one attached hydrogen (secondary N) is 1. The highest BCUT2D eigenvalue weighted by atomic mass is 16.6. The summed E-state index contributed by atoms with van der Waals surface area (Å²) in [7, 11) is 0. The Bertz CT molecular complexity index is 1250. The van der Waals surface area contributed by atoms with Gasteiger partial charge < -0.3 is 10.2 Å². The van der Waals surface area contributed by atoms with Crippen molar-refractivity contribution in [3.05, 3.63) is 88.7 Å². The van der Waals surface area contributed by atoms with Crippen molar-refractivity contribution in [2.75, 3.05) is 16.8 Å². The maximum atomic E-state index is 12.2. The molecule has 3 aromatic carbocycles. The van der Waals surface area contributed by atoms with E-state index in [1.807, 2.05) is 78.6 Å². The van der Waals surface area contributed by atoms with Crippen LogP contribution in [0.4, 0.5) is 28.7 Å². The topological polar surface area (TPSA) is 84.2 Å². The molecule has 0 saturated heterocycles. The second-order valence-electron chi connectivity index (χ2n) is 7.80. The van der Waals surface area contributed by atoms with Crippen LogP contribution < -0.4 is 10.2 Å². The monoisotopic (exact) mass is 427 g/mol. The van der Waals surface area contributed by atoms with E-state index in [-0.39, 0.29) is 17.3 Å². The largest absolute Gasteiger partial charge is 0.354 e. The summed E-state index contributed by atoms with van der Waals surface area (Å²) in [5.74, 6) is 0.823. The summed E-state index contributed by atoms with van der Waals surface area (Å²) in [5, 5.41) is 17.3. The van der Waals surface area contributed by atoms with Crippen molar-refractivity contribution < 1.29 is 4.92 Å². The smallest absolute Gasteiger partial charge is 0.334 e. The third-order valence-electron chi connectivity index (χ3n) is 5.45. The number of benzene rings is 3. The number of rotatable bonds is 7. The number of aromatic nitrogens is 2. The lowest BCUT2D eigenvalue weighted by Gasteiger charge is -2.24. The molecule has 1 heterocycles. The van der Waals surface area contributed by atoms with Crippen LogP contribution in [-0.2, 0) is 0 Å². The molecule has 32 heavy (non-hydrogen) atoms. The Kier molecular flexibility index (Phi) is 5.98. The Morgan fingerprint density at radius 3 is 2.41 bits per heavy atom. The molecule has 0 aliphatic carbocycles. The predicted octanol–water partition coefficient (Wildman–Crippen LogP) is 6.56. The van der Waals surface area contributed by atoms with Crippen molar-refractivity contribution in [2.24, 2.45) is 0 Å². The highest BCUT2D eigenvalue weighted by molar-refractivity contribution is 5.97. The molecule has 0 fully saturated rings. The van der Waals surface area contributed by atoms with Crippen LogP contribution in [0, 0.1) is 10.1 Å². The molecule has 0 saturated carbocycles. The fraction of sp³-hybridized carbons (Fsp3) is 0.200. The zero-order valence-electron chi connectivity index (χ0n) is 18.3. The molecular formula is C25H25N5O2. The van der Waals surface area contributed by atoms with E-state index in [1.54, 1.807) is 0 Å². The number of nitrogens with zero attached hydrogens (tertiary/aromatic N) is 4. The van der Waals surface area contributed by atoms with Crippen LogP contribution in [0.5, 0.6) is 0 Å². The van der Waals surface area contributed by atoms with Crippen molar-refractivity contribution in [3.8, 4) is 0 Å². The van der Waals surface area contributed by atoms with E-state index >= 15 is 0 Å². The quantitative estimate of drug-likeness (QED) is 0.265. The van der Waals surface area contributed by atoms with Crippen molar-refractivity contribution >= 4 is 39.5 Å². The fourth-order valence-electron chi connectivity index (χ4n) is 3.79. The number of hydrogen-bond donors (Lipinski definition) is 1. The van der Waals surface area contributed by atoms with E-state index in [0.717, 1.165) is 22.1 Å². The van der Waals surface area contributed by atoms with Crippen LogP contribution in [-0.4, -0.2) is 21.4 Å². The van der Waals surface area contributed by atoms with E-state index in [0.29, 0.717) is 12.5 Å². The zero-order chi connectivity index (χ0) is 22.7. The minimum atomic E-state index is -0.423. The number of fused-ring (bicyclic) bond motifs is 1. The first-order chi connectivity index (χ1) is 15.5. The van der Waals surface area contributed by atoms with Gasteiger partial charge in [0, 0.05) is 17.6 Å².